The summed E-state index contributed by atoms with van der Waals surface area (Å²) in [5, 5.41) is 17.1. The van der Waals surface area contributed by atoms with Crippen LogP contribution in [0.1, 0.15) is 24.4 Å². The van der Waals surface area contributed by atoms with Gasteiger partial charge in [-0.15, -0.1) is 24.0 Å². The van der Waals surface area contributed by atoms with Crippen LogP contribution in [0.25, 0.3) is 0 Å². The summed E-state index contributed by atoms with van der Waals surface area (Å²) >= 11 is 6.14. The smallest absolute Gasteiger partial charge is 0.191 e. The van der Waals surface area contributed by atoms with E-state index in [0.717, 1.165) is 23.6 Å². The largest absolute Gasteiger partial charge is 0.467 e. The second-order valence-electron chi connectivity index (χ2n) is 5.02. The number of benzene rings is 1. The number of aliphatic hydroxyl groups is 1. The third-order valence-corrected chi connectivity index (χ3v) is 3.65. The van der Waals surface area contributed by atoms with Gasteiger partial charge in [-0.05, 0) is 37.1 Å². The molecule has 2 aromatic rings. The number of hydrogen-bond donors (Lipinski definition) is 3. The minimum atomic E-state index is -0.746. The van der Waals surface area contributed by atoms with Crippen LogP contribution in [0.2, 0.25) is 5.02 Å². The number of aliphatic imine (C=N–C) groups is 1. The molecule has 0 radical (unpaired) electrons. The summed E-state index contributed by atoms with van der Waals surface area (Å²) in [7, 11) is 0. The van der Waals surface area contributed by atoms with Crippen molar-refractivity contribution in [3.05, 3.63) is 59.0 Å². The second kappa shape index (κ2) is 11.3. The van der Waals surface area contributed by atoms with Crippen LogP contribution in [0.4, 0.5) is 0 Å². The number of guanidine groups is 1. The first-order valence-electron chi connectivity index (χ1n) is 7.67. The van der Waals surface area contributed by atoms with Gasteiger partial charge >= 0.3 is 0 Å². The Morgan fingerprint density at radius 2 is 2.04 bits per heavy atom. The molecule has 132 valence electrons. The lowest BCUT2D eigenvalue weighted by Gasteiger charge is -2.12. The van der Waals surface area contributed by atoms with Crippen LogP contribution in [0, 0.1) is 0 Å². The van der Waals surface area contributed by atoms with E-state index in [9.17, 15) is 5.11 Å². The van der Waals surface area contributed by atoms with Gasteiger partial charge in [0.15, 0.2) is 5.96 Å². The molecule has 0 bridgehead atoms. The number of hydrogen-bond acceptors (Lipinski definition) is 3. The van der Waals surface area contributed by atoms with E-state index in [1.807, 2.05) is 31.2 Å². The third-order valence-electron chi connectivity index (χ3n) is 3.28. The Morgan fingerprint density at radius 3 is 2.71 bits per heavy atom. The second-order valence-corrected chi connectivity index (χ2v) is 5.43. The van der Waals surface area contributed by atoms with E-state index < -0.39 is 6.10 Å². The van der Waals surface area contributed by atoms with Crippen molar-refractivity contribution in [2.24, 2.45) is 4.99 Å². The molecule has 0 saturated carbocycles. The minimum Gasteiger partial charge on any atom is -0.467 e. The average Bonchev–Trinajstić information content (AvgIpc) is 3.08. The number of nitrogens with zero attached hydrogens (tertiary/aromatic N) is 1. The number of halogens is 2. The van der Waals surface area contributed by atoms with Crippen molar-refractivity contribution in [1.29, 1.82) is 0 Å². The van der Waals surface area contributed by atoms with E-state index >= 15 is 0 Å². The van der Waals surface area contributed by atoms with Gasteiger partial charge in [-0.2, -0.15) is 0 Å². The third kappa shape index (κ3) is 6.70. The van der Waals surface area contributed by atoms with E-state index in [-0.39, 0.29) is 30.5 Å². The van der Waals surface area contributed by atoms with Crippen molar-refractivity contribution in [3.63, 3.8) is 0 Å². The lowest BCUT2D eigenvalue weighted by Crippen LogP contribution is -2.38. The number of rotatable bonds is 7. The molecule has 1 aromatic carbocycles. The summed E-state index contributed by atoms with van der Waals surface area (Å²) in [6, 6.07) is 11.3. The first-order valence-corrected chi connectivity index (χ1v) is 8.05. The van der Waals surface area contributed by atoms with Crippen molar-refractivity contribution in [1.82, 2.24) is 10.6 Å². The van der Waals surface area contributed by atoms with Gasteiger partial charge in [-0.3, -0.25) is 4.99 Å². The van der Waals surface area contributed by atoms with E-state index in [1.165, 1.54) is 6.26 Å². The SMILES string of the molecule is CCNC(=NCC(O)c1ccco1)NCCc1ccccc1Cl.I. The summed E-state index contributed by atoms with van der Waals surface area (Å²) in [5.41, 5.74) is 1.09. The molecule has 0 aliphatic heterocycles. The molecular formula is C17H23ClIN3O2. The van der Waals surface area contributed by atoms with E-state index in [2.05, 4.69) is 15.6 Å². The quantitative estimate of drug-likeness (QED) is 0.334. The topological polar surface area (TPSA) is 69.8 Å². The lowest BCUT2D eigenvalue weighted by molar-refractivity contribution is 0.158. The van der Waals surface area contributed by atoms with Gasteiger partial charge in [0.1, 0.15) is 11.9 Å². The van der Waals surface area contributed by atoms with Gasteiger partial charge in [0.05, 0.1) is 12.8 Å². The fourth-order valence-electron chi connectivity index (χ4n) is 2.11. The zero-order chi connectivity index (χ0) is 16.5. The Hall–Kier alpha value is -1.25. The van der Waals surface area contributed by atoms with Crippen molar-refractivity contribution in [2.45, 2.75) is 19.4 Å². The highest BCUT2D eigenvalue weighted by Crippen LogP contribution is 2.15. The van der Waals surface area contributed by atoms with Crippen LogP contribution in [0.3, 0.4) is 0 Å². The molecule has 0 amide bonds. The summed E-state index contributed by atoms with van der Waals surface area (Å²) < 4.78 is 5.16. The molecule has 5 nitrogen and oxygen atoms in total. The predicted molar refractivity (Wildman–Crippen MR) is 108 cm³/mol. The first kappa shape index (κ1) is 20.8. The average molecular weight is 464 g/mol. The Kier molecular flexibility index (Phi) is 9.82. The Bertz CT molecular complexity index is 620. The van der Waals surface area contributed by atoms with E-state index in [4.69, 9.17) is 16.0 Å². The number of aliphatic hydroxyl groups excluding tert-OH is 1. The molecule has 1 unspecified atom stereocenters. The number of furan rings is 1. The number of nitrogens with one attached hydrogen (secondary N) is 2. The molecule has 0 saturated heterocycles. The van der Waals surface area contributed by atoms with Crippen LogP contribution in [-0.2, 0) is 6.42 Å². The Morgan fingerprint density at radius 1 is 1.25 bits per heavy atom. The molecule has 1 aromatic heterocycles. The maximum atomic E-state index is 9.99. The molecule has 0 fully saturated rings. The first-order chi connectivity index (χ1) is 11.2. The highest BCUT2D eigenvalue weighted by atomic mass is 127. The zero-order valence-corrected chi connectivity index (χ0v) is 16.6. The Balaban J connectivity index is 0.00000288. The summed E-state index contributed by atoms with van der Waals surface area (Å²) in [4.78, 5) is 4.37. The highest BCUT2D eigenvalue weighted by Gasteiger charge is 2.10. The molecule has 2 rings (SSSR count). The van der Waals surface area contributed by atoms with Gasteiger partial charge in [-0.1, -0.05) is 29.8 Å². The van der Waals surface area contributed by atoms with Crippen molar-refractivity contribution >= 4 is 41.5 Å². The lowest BCUT2D eigenvalue weighted by atomic mass is 10.1. The van der Waals surface area contributed by atoms with E-state index in [1.54, 1.807) is 12.1 Å². The summed E-state index contributed by atoms with van der Waals surface area (Å²) in [6.07, 6.45) is 1.59. The molecule has 24 heavy (non-hydrogen) atoms. The normalized spacial score (nSPS) is 12.4. The fraction of sp³-hybridized carbons (Fsp3) is 0.353. The molecule has 0 aliphatic rings. The maximum absolute atomic E-state index is 9.99. The van der Waals surface area contributed by atoms with E-state index in [0.29, 0.717) is 18.3 Å². The fourth-order valence-corrected chi connectivity index (χ4v) is 2.34. The maximum Gasteiger partial charge on any atom is 0.191 e. The zero-order valence-electron chi connectivity index (χ0n) is 13.5. The van der Waals surface area contributed by atoms with Gasteiger partial charge < -0.3 is 20.2 Å². The summed E-state index contributed by atoms with van der Waals surface area (Å²) in [5.74, 6) is 1.17. The van der Waals surface area contributed by atoms with Crippen molar-refractivity contribution < 1.29 is 9.52 Å². The van der Waals surface area contributed by atoms with Crippen LogP contribution >= 0.6 is 35.6 Å². The molecule has 0 spiro atoms. The van der Waals surface area contributed by atoms with Crippen LogP contribution < -0.4 is 10.6 Å². The minimum absolute atomic E-state index is 0. The molecular weight excluding hydrogens is 441 g/mol. The van der Waals surface area contributed by atoms with Crippen LogP contribution in [-0.4, -0.2) is 30.7 Å². The van der Waals surface area contributed by atoms with Crippen LogP contribution in [0.15, 0.2) is 52.1 Å². The predicted octanol–water partition coefficient (Wildman–Crippen LogP) is 3.38. The molecule has 0 aliphatic carbocycles. The van der Waals surface area contributed by atoms with Gasteiger partial charge in [0.25, 0.3) is 0 Å². The Labute approximate surface area is 164 Å². The highest BCUT2D eigenvalue weighted by molar-refractivity contribution is 14.0. The van der Waals surface area contributed by atoms with Crippen LogP contribution in [0.5, 0.6) is 0 Å². The van der Waals surface area contributed by atoms with Gasteiger partial charge in [0, 0.05) is 18.1 Å². The molecule has 7 heteroatoms. The van der Waals surface area contributed by atoms with Crippen molar-refractivity contribution in [3.8, 4) is 0 Å². The van der Waals surface area contributed by atoms with Gasteiger partial charge in [-0.25, -0.2) is 0 Å². The van der Waals surface area contributed by atoms with Crippen molar-refractivity contribution in [2.75, 3.05) is 19.6 Å². The molecule has 1 heterocycles. The molecule has 3 N–H and O–H groups in total. The van der Waals surface area contributed by atoms with Gasteiger partial charge in [0.2, 0.25) is 0 Å². The summed E-state index contributed by atoms with van der Waals surface area (Å²) in [6.45, 7) is 3.67. The molecule has 1 atom stereocenters. The standard InChI is InChI=1S/C17H22ClN3O2.HI/c1-2-19-17(21-12-15(22)16-8-5-11-23-16)20-10-9-13-6-3-4-7-14(13)18;/h3-8,11,15,22H,2,9-10,12H2,1H3,(H2,19,20,21);1H. The monoisotopic (exact) mass is 463 g/mol.